The SMILES string of the molecule is COc1ccccc1C(=O)C12CC(C)=C(C)CC1CC(I)=C(C)C2. The molecule has 0 aliphatic heterocycles. The standard InChI is InChI=1S/C21H25IO2/c1-13-9-16-10-18(22)15(3)12-21(16,11-14(13)2)20(23)17-7-5-6-8-19(17)24-4/h5-8,16H,9-12H2,1-4H3. The molecule has 24 heavy (non-hydrogen) atoms. The molecule has 0 heterocycles. The van der Waals surface area contributed by atoms with Gasteiger partial charge in [0.05, 0.1) is 12.7 Å². The molecule has 2 unspecified atom stereocenters. The number of hydrogen-bond acceptors (Lipinski definition) is 2. The van der Waals surface area contributed by atoms with Gasteiger partial charge in [-0.05, 0) is 90.7 Å². The second-order valence-corrected chi connectivity index (χ2v) is 8.69. The summed E-state index contributed by atoms with van der Waals surface area (Å²) in [5, 5.41) is 0. The van der Waals surface area contributed by atoms with E-state index in [1.807, 2.05) is 24.3 Å². The van der Waals surface area contributed by atoms with E-state index >= 15 is 0 Å². The molecule has 1 aromatic rings. The summed E-state index contributed by atoms with van der Waals surface area (Å²) in [5.74, 6) is 1.36. The van der Waals surface area contributed by atoms with Crippen molar-refractivity contribution in [3.8, 4) is 5.75 Å². The fourth-order valence-electron chi connectivity index (χ4n) is 4.39. The van der Waals surface area contributed by atoms with Gasteiger partial charge in [0, 0.05) is 5.41 Å². The smallest absolute Gasteiger partial charge is 0.173 e. The molecule has 0 saturated heterocycles. The number of halogens is 1. The second kappa shape index (κ2) is 6.66. The molecule has 0 fully saturated rings. The molecule has 0 radical (unpaired) electrons. The van der Waals surface area contributed by atoms with Crippen molar-refractivity contribution < 1.29 is 9.53 Å². The van der Waals surface area contributed by atoms with Crippen molar-refractivity contribution in [2.24, 2.45) is 11.3 Å². The summed E-state index contributed by atoms with van der Waals surface area (Å²) >= 11 is 2.47. The minimum atomic E-state index is -0.309. The summed E-state index contributed by atoms with van der Waals surface area (Å²) in [7, 11) is 1.65. The first-order valence-corrected chi connectivity index (χ1v) is 9.64. The number of allylic oxidation sites excluding steroid dienone is 4. The number of ether oxygens (including phenoxy) is 1. The highest BCUT2D eigenvalue weighted by Crippen LogP contribution is 2.56. The van der Waals surface area contributed by atoms with Crippen molar-refractivity contribution in [1.29, 1.82) is 0 Å². The van der Waals surface area contributed by atoms with Gasteiger partial charge in [-0.2, -0.15) is 0 Å². The molecule has 2 aliphatic carbocycles. The summed E-state index contributed by atoms with van der Waals surface area (Å²) in [4.78, 5) is 13.7. The van der Waals surface area contributed by atoms with Crippen LogP contribution in [0, 0.1) is 11.3 Å². The number of benzene rings is 1. The third-order valence-corrected chi connectivity index (χ3v) is 7.28. The molecule has 0 bridgehead atoms. The molecule has 1 aromatic carbocycles. The van der Waals surface area contributed by atoms with E-state index in [-0.39, 0.29) is 11.2 Å². The minimum absolute atomic E-state index is 0.264. The first kappa shape index (κ1) is 17.7. The number of Topliss-reactive ketones (excluding diaryl/α,β-unsaturated/α-hetero) is 1. The van der Waals surface area contributed by atoms with Crippen molar-refractivity contribution in [1.82, 2.24) is 0 Å². The third-order valence-electron chi connectivity index (χ3n) is 5.92. The molecule has 2 nitrogen and oxygen atoms in total. The van der Waals surface area contributed by atoms with Crippen molar-refractivity contribution in [3.05, 3.63) is 50.1 Å². The van der Waals surface area contributed by atoms with E-state index < -0.39 is 0 Å². The van der Waals surface area contributed by atoms with Gasteiger partial charge in [-0.3, -0.25) is 4.79 Å². The molecule has 128 valence electrons. The van der Waals surface area contributed by atoms with E-state index in [0.29, 0.717) is 11.7 Å². The van der Waals surface area contributed by atoms with Gasteiger partial charge in [0.1, 0.15) is 5.75 Å². The Balaban J connectivity index is 2.11. The lowest BCUT2D eigenvalue weighted by molar-refractivity contribution is 0.0609. The Morgan fingerprint density at radius 2 is 1.75 bits per heavy atom. The first-order chi connectivity index (χ1) is 11.4. The lowest BCUT2D eigenvalue weighted by atomic mass is 9.56. The third kappa shape index (κ3) is 2.85. The van der Waals surface area contributed by atoms with Crippen molar-refractivity contribution in [3.63, 3.8) is 0 Å². The average Bonchev–Trinajstić information content (AvgIpc) is 2.57. The highest BCUT2D eigenvalue weighted by molar-refractivity contribution is 14.1. The Bertz CT molecular complexity index is 712. The fourth-order valence-corrected chi connectivity index (χ4v) is 5.11. The second-order valence-electron chi connectivity index (χ2n) is 7.39. The molecule has 3 heteroatoms. The lowest BCUT2D eigenvalue weighted by Gasteiger charge is -2.47. The van der Waals surface area contributed by atoms with Crippen LogP contribution in [0.4, 0.5) is 0 Å². The highest BCUT2D eigenvalue weighted by atomic mass is 127. The topological polar surface area (TPSA) is 26.3 Å². The lowest BCUT2D eigenvalue weighted by Crippen LogP contribution is -2.44. The van der Waals surface area contributed by atoms with Crippen LogP contribution in [0.2, 0.25) is 0 Å². The summed E-state index contributed by atoms with van der Waals surface area (Å²) in [5.41, 5.74) is 4.66. The average molecular weight is 436 g/mol. The fraction of sp³-hybridized carbons (Fsp3) is 0.476. The van der Waals surface area contributed by atoms with Crippen LogP contribution >= 0.6 is 22.6 Å². The van der Waals surface area contributed by atoms with Gasteiger partial charge in [0.25, 0.3) is 0 Å². The van der Waals surface area contributed by atoms with Crippen LogP contribution in [0.25, 0.3) is 0 Å². The normalized spacial score (nSPS) is 27.1. The zero-order valence-electron chi connectivity index (χ0n) is 14.9. The molecule has 0 aromatic heterocycles. The summed E-state index contributed by atoms with van der Waals surface area (Å²) in [6.07, 6.45) is 3.81. The molecule has 2 aliphatic rings. The van der Waals surface area contributed by atoms with Crippen LogP contribution in [0.3, 0.4) is 0 Å². The van der Waals surface area contributed by atoms with E-state index in [1.54, 1.807) is 7.11 Å². The van der Waals surface area contributed by atoms with Gasteiger partial charge in [-0.25, -0.2) is 0 Å². The van der Waals surface area contributed by atoms with Crippen LogP contribution < -0.4 is 4.74 Å². The molecule has 0 amide bonds. The van der Waals surface area contributed by atoms with Gasteiger partial charge >= 0.3 is 0 Å². The van der Waals surface area contributed by atoms with Crippen LogP contribution in [-0.4, -0.2) is 12.9 Å². The quantitative estimate of drug-likeness (QED) is 0.325. The number of ketones is 1. The number of rotatable bonds is 3. The van der Waals surface area contributed by atoms with E-state index in [9.17, 15) is 4.79 Å². The Kier molecular flexibility index (Phi) is 4.92. The Morgan fingerprint density at radius 1 is 1.08 bits per heavy atom. The highest BCUT2D eigenvalue weighted by Gasteiger charge is 2.50. The summed E-state index contributed by atoms with van der Waals surface area (Å²) in [6, 6.07) is 7.68. The number of fused-ring (bicyclic) bond motifs is 1. The van der Waals surface area contributed by atoms with Crippen molar-refractivity contribution in [2.45, 2.75) is 46.5 Å². The van der Waals surface area contributed by atoms with E-state index in [1.165, 1.54) is 20.3 Å². The number of para-hydroxylation sites is 1. The monoisotopic (exact) mass is 436 g/mol. The van der Waals surface area contributed by atoms with Gasteiger partial charge in [-0.1, -0.05) is 28.9 Å². The predicted octanol–water partition coefficient (Wildman–Crippen LogP) is 6.11. The molecule has 0 spiro atoms. The Hall–Kier alpha value is -1.10. The predicted molar refractivity (Wildman–Crippen MR) is 107 cm³/mol. The molecular formula is C21H25IO2. The zero-order valence-corrected chi connectivity index (χ0v) is 17.1. The molecule has 0 saturated carbocycles. The number of methoxy groups -OCH3 is 1. The van der Waals surface area contributed by atoms with Gasteiger partial charge in [0.2, 0.25) is 0 Å². The van der Waals surface area contributed by atoms with E-state index in [4.69, 9.17) is 4.74 Å². The van der Waals surface area contributed by atoms with Crippen molar-refractivity contribution >= 4 is 28.4 Å². The zero-order chi connectivity index (χ0) is 17.5. The number of hydrogen-bond donors (Lipinski definition) is 0. The molecule has 3 rings (SSSR count). The largest absolute Gasteiger partial charge is 0.496 e. The molecular weight excluding hydrogens is 411 g/mol. The maximum atomic E-state index is 13.7. The first-order valence-electron chi connectivity index (χ1n) is 8.56. The summed E-state index contributed by atoms with van der Waals surface area (Å²) in [6.45, 7) is 6.61. The maximum Gasteiger partial charge on any atom is 0.173 e. The Morgan fingerprint density at radius 3 is 2.46 bits per heavy atom. The number of carbonyl (C=O) groups excluding carboxylic acids is 1. The molecule has 0 N–H and O–H groups in total. The maximum absolute atomic E-state index is 13.7. The van der Waals surface area contributed by atoms with Crippen LogP contribution in [0.5, 0.6) is 5.75 Å². The Labute approximate surface area is 158 Å². The summed E-state index contributed by atoms with van der Waals surface area (Å²) < 4.78 is 6.92. The van der Waals surface area contributed by atoms with E-state index in [2.05, 4.69) is 43.4 Å². The van der Waals surface area contributed by atoms with Crippen molar-refractivity contribution in [2.75, 3.05) is 7.11 Å². The van der Waals surface area contributed by atoms with E-state index in [0.717, 1.165) is 31.2 Å². The number of carbonyl (C=O) groups is 1. The van der Waals surface area contributed by atoms with Crippen LogP contribution in [0.1, 0.15) is 56.8 Å². The molecule has 2 atom stereocenters. The van der Waals surface area contributed by atoms with Gasteiger partial charge in [-0.15, -0.1) is 0 Å². The van der Waals surface area contributed by atoms with Crippen LogP contribution in [-0.2, 0) is 0 Å². The van der Waals surface area contributed by atoms with Crippen LogP contribution in [0.15, 0.2) is 44.6 Å². The van der Waals surface area contributed by atoms with Gasteiger partial charge in [0.15, 0.2) is 5.78 Å². The van der Waals surface area contributed by atoms with Gasteiger partial charge < -0.3 is 4.74 Å². The minimum Gasteiger partial charge on any atom is -0.496 e.